The molecule has 1 spiro atoms. The van der Waals surface area contributed by atoms with Crippen LogP contribution < -0.4 is 14.5 Å². The zero-order valence-corrected chi connectivity index (χ0v) is 23.1. The van der Waals surface area contributed by atoms with Gasteiger partial charge in [0.15, 0.2) is 10.8 Å². The second-order valence-electron chi connectivity index (χ2n) is 10.2. The van der Waals surface area contributed by atoms with E-state index in [4.69, 9.17) is 27.0 Å². The molecule has 2 saturated heterocycles. The molecule has 3 heterocycles. The number of nitriles is 1. The number of halogens is 3. The van der Waals surface area contributed by atoms with Gasteiger partial charge >= 0.3 is 12.1 Å². The fraction of sp³-hybridized carbons (Fsp3) is 0.464. The Bertz CT molecular complexity index is 1380. The molecule has 41 heavy (non-hydrogen) atoms. The molecular weight excluding hydrogens is 559 g/mol. The van der Waals surface area contributed by atoms with Gasteiger partial charge in [-0.3, -0.25) is 19.4 Å². The van der Waals surface area contributed by atoms with Gasteiger partial charge in [0.25, 0.3) is 5.91 Å². The van der Waals surface area contributed by atoms with E-state index in [1.807, 2.05) is 4.90 Å². The summed E-state index contributed by atoms with van der Waals surface area (Å²) >= 11 is 5.66. The fourth-order valence-electron chi connectivity index (χ4n) is 5.53. The van der Waals surface area contributed by atoms with Crippen molar-refractivity contribution in [2.24, 2.45) is 0 Å². The van der Waals surface area contributed by atoms with Crippen LogP contribution in [-0.2, 0) is 20.5 Å². The highest BCUT2D eigenvalue weighted by atomic mass is 32.1. The lowest BCUT2D eigenvalue weighted by Gasteiger charge is -2.43. The topological polar surface area (TPSA) is 99.0 Å². The second-order valence-corrected chi connectivity index (χ2v) is 10.6. The summed E-state index contributed by atoms with van der Waals surface area (Å²) < 4.78 is 52.0. The minimum Gasteiger partial charge on any atom is -0.490 e. The van der Waals surface area contributed by atoms with E-state index in [9.17, 15) is 22.8 Å². The van der Waals surface area contributed by atoms with Gasteiger partial charge in [-0.25, -0.2) is 4.98 Å². The SMILES string of the molecule is CCOC(=O)CN1CCC(Oc2ccc(N3C(=S)N(c4cnc(C#N)c(C(F)(F)F)c4)C(=O)C34CCC4)cc2)CC1. The van der Waals surface area contributed by atoms with Gasteiger partial charge in [0.2, 0.25) is 0 Å². The Kier molecular flexibility index (Phi) is 7.89. The van der Waals surface area contributed by atoms with Crippen LogP contribution in [0.3, 0.4) is 0 Å². The Labute approximate surface area is 240 Å². The molecule has 0 atom stereocenters. The van der Waals surface area contributed by atoms with Crippen LogP contribution >= 0.6 is 12.2 Å². The van der Waals surface area contributed by atoms with Crippen molar-refractivity contribution in [2.45, 2.75) is 56.8 Å². The number of nitrogens with zero attached hydrogens (tertiary/aromatic N) is 5. The summed E-state index contributed by atoms with van der Waals surface area (Å²) in [5.41, 5.74) is -2.48. The molecule has 5 rings (SSSR count). The van der Waals surface area contributed by atoms with E-state index < -0.39 is 28.9 Å². The highest BCUT2D eigenvalue weighted by Gasteiger charge is 2.59. The molecule has 216 valence electrons. The minimum atomic E-state index is -4.82. The van der Waals surface area contributed by atoms with Gasteiger partial charge in [-0.1, -0.05) is 0 Å². The van der Waals surface area contributed by atoms with E-state index in [2.05, 4.69) is 4.98 Å². The zero-order chi connectivity index (χ0) is 29.4. The molecule has 0 bridgehead atoms. The lowest BCUT2D eigenvalue weighted by molar-refractivity contribution is -0.145. The first-order chi connectivity index (χ1) is 19.6. The minimum absolute atomic E-state index is 0.0195. The molecule has 2 aromatic rings. The number of ether oxygens (including phenoxy) is 2. The van der Waals surface area contributed by atoms with Crippen molar-refractivity contribution in [3.05, 3.63) is 47.8 Å². The maximum absolute atomic E-state index is 13.6. The molecule has 1 aromatic carbocycles. The number of pyridine rings is 1. The number of alkyl halides is 3. The Hall–Kier alpha value is -3.76. The number of amides is 1. The molecule has 0 unspecified atom stereocenters. The number of likely N-dealkylation sites (tertiary alicyclic amines) is 1. The number of anilines is 2. The van der Waals surface area contributed by atoms with Gasteiger partial charge in [-0.05, 0) is 81.6 Å². The maximum Gasteiger partial charge on any atom is 0.419 e. The lowest BCUT2D eigenvalue weighted by atomic mass is 9.75. The predicted octanol–water partition coefficient (Wildman–Crippen LogP) is 4.44. The Morgan fingerprint density at radius 3 is 2.44 bits per heavy atom. The number of carbonyl (C=O) groups excluding carboxylic acids is 2. The Morgan fingerprint density at radius 1 is 1.20 bits per heavy atom. The van der Waals surface area contributed by atoms with E-state index >= 15 is 0 Å². The monoisotopic (exact) mass is 587 g/mol. The van der Waals surface area contributed by atoms with E-state index in [-0.39, 0.29) is 29.4 Å². The molecule has 13 heteroatoms. The number of aromatic nitrogens is 1. The quantitative estimate of drug-likeness (QED) is 0.344. The summed E-state index contributed by atoms with van der Waals surface area (Å²) in [6.07, 6.45) is -0.488. The van der Waals surface area contributed by atoms with Gasteiger partial charge in [-0.15, -0.1) is 0 Å². The Morgan fingerprint density at radius 2 is 1.88 bits per heavy atom. The smallest absolute Gasteiger partial charge is 0.419 e. The number of esters is 1. The predicted molar refractivity (Wildman–Crippen MR) is 146 cm³/mol. The van der Waals surface area contributed by atoms with Gasteiger partial charge in [0.05, 0.1) is 30.6 Å². The van der Waals surface area contributed by atoms with Crippen LogP contribution in [0.25, 0.3) is 0 Å². The maximum atomic E-state index is 13.6. The van der Waals surface area contributed by atoms with Crippen LogP contribution in [-0.4, -0.2) is 64.8 Å². The van der Waals surface area contributed by atoms with Crippen molar-refractivity contribution in [3.8, 4) is 11.8 Å². The summed E-state index contributed by atoms with van der Waals surface area (Å²) in [6, 6.07) is 9.34. The number of benzene rings is 1. The molecular formula is C28H28F3N5O4S. The van der Waals surface area contributed by atoms with Crippen LogP contribution in [0.15, 0.2) is 36.5 Å². The fourth-order valence-corrected chi connectivity index (χ4v) is 6.00. The van der Waals surface area contributed by atoms with Gasteiger partial charge in [0.1, 0.15) is 23.5 Å². The first-order valence-electron chi connectivity index (χ1n) is 13.4. The number of hydrogen-bond donors (Lipinski definition) is 0. The number of carbonyl (C=O) groups is 2. The van der Waals surface area contributed by atoms with Gasteiger partial charge in [0, 0.05) is 18.8 Å². The molecule has 0 N–H and O–H groups in total. The molecule has 2 aliphatic heterocycles. The molecule has 1 saturated carbocycles. The number of rotatable bonds is 7. The second kappa shape index (κ2) is 11.3. The highest BCUT2D eigenvalue weighted by Crippen LogP contribution is 2.48. The van der Waals surface area contributed by atoms with Crippen LogP contribution in [0.2, 0.25) is 0 Å². The normalized spacial score (nSPS) is 19.3. The number of thiocarbonyl (C=S) groups is 1. The average Bonchev–Trinajstić information content (AvgIpc) is 3.16. The van der Waals surface area contributed by atoms with Crippen LogP contribution in [0.4, 0.5) is 24.5 Å². The summed E-state index contributed by atoms with van der Waals surface area (Å²) in [7, 11) is 0. The Balaban J connectivity index is 1.31. The van der Waals surface area contributed by atoms with Crippen molar-refractivity contribution in [1.82, 2.24) is 9.88 Å². The third-order valence-electron chi connectivity index (χ3n) is 7.73. The molecule has 1 aromatic heterocycles. The molecule has 9 nitrogen and oxygen atoms in total. The van der Waals surface area contributed by atoms with Crippen LogP contribution in [0, 0.1) is 11.3 Å². The summed E-state index contributed by atoms with van der Waals surface area (Å²) in [5, 5.41) is 9.15. The van der Waals surface area contributed by atoms with Crippen molar-refractivity contribution in [1.29, 1.82) is 5.26 Å². The summed E-state index contributed by atoms with van der Waals surface area (Å²) in [5.74, 6) is -0.0113. The van der Waals surface area contributed by atoms with Gasteiger partial charge in [-0.2, -0.15) is 18.4 Å². The van der Waals surface area contributed by atoms with Crippen LogP contribution in [0.1, 0.15) is 50.3 Å². The lowest BCUT2D eigenvalue weighted by Crippen LogP contribution is -2.55. The first kappa shape index (κ1) is 28.8. The summed E-state index contributed by atoms with van der Waals surface area (Å²) in [4.78, 5) is 33.9. The third-order valence-corrected chi connectivity index (χ3v) is 8.09. The third kappa shape index (κ3) is 5.46. The molecule has 1 aliphatic carbocycles. The molecule has 0 radical (unpaired) electrons. The van der Waals surface area contributed by atoms with Crippen molar-refractivity contribution >= 4 is 40.6 Å². The highest BCUT2D eigenvalue weighted by molar-refractivity contribution is 7.81. The molecule has 3 fully saturated rings. The van der Waals surface area contributed by atoms with Gasteiger partial charge < -0.3 is 14.4 Å². The number of hydrogen-bond acceptors (Lipinski definition) is 8. The van der Waals surface area contributed by atoms with E-state index in [0.29, 0.717) is 44.0 Å². The van der Waals surface area contributed by atoms with E-state index in [1.54, 1.807) is 36.1 Å². The average molecular weight is 588 g/mol. The van der Waals surface area contributed by atoms with Crippen molar-refractivity contribution in [3.63, 3.8) is 0 Å². The van der Waals surface area contributed by atoms with E-state index in [0.717, 1.165) is 36.4 Å². The molecule has 1 amide bonds. The zero-order valence-electron chi connectivity index (χ0n) is 22.3. The first-order valence-corrected chi connectivity index (χ1v) is 13.8. The largest absolute Gasteiger partial charge is 0.490 e. The summed E-state index contributed by atoms with van der Waals surface area (Å²) in [6.45, 7) is 3.82. The van der Waals surface area contributed by atoms with E-state index in [1.165, 1.54) is 6.07 Å². The standard InChI is InChI=1S/C28H28F3N5O4S/c1-2-39-24(37)17-34-12-8-21(9-13-34)40-20-6-4-18(5-7-20)36-26(41)35(25(38)27(36)10-3-11-27)19-14-22(28(29,30)31)23(15-32)33-16-19/h4-7,14,16,21H,2-3,8-13,17H2,1H3. The van der Waals surface area contributed by atoms with Crippen molar-refractivity contribution in [2.75, 3.05) is 36.0 Å². The molecule has 3 aliphatic rings. The number of piperidine rings is 1. The van der Waals surface area contributed by atoms with Crippen molar-refractivity contribution < 1.29 is 32.2 Å². The van der Waals surface area contributed by atoms with Crippen LogP contribution in [0.5, 0.6) is 5.75 Å².